The predicted molar refractivity (Wildman–Crippen MR) is 287 cm³/mol. The minimum absolute atomic E-state index is 0.0347. The number of halogens is 1. The molecular weight excluding hydrogens is 986 g/mol. The first-order valence-corrected chi connectivity index (χ1v) is 24.0. The first-order valence-electron chi connectivity index (χ1n) is 24.2. The number of nitrogens with zero attached hydrogens (tertiary/aromatic N) is 10. The lowest BCUT2D eigenvalue weighted by molar-refractivity contribution is -0.146. The summed E-state index contributed by atoms with van der Waals surface area (Å²) in [6.07, 6.45) is 7.84. The molecule has 0 amide bonds. The van der Waals surface area contributed by atoms with Gasteiger partial charge >= 0.3 is 11.9 Å². The van der Waals surface area contributed by atoms with E-state index in [1.165, 1.54) is 0 Å². The van der Waals surface area contributed by atoms with Crippen molar-refractivity contribution in [3.63, 3.8) is 0 Å². The van der Waals surface area contributed by atoms with E-state index in [2.05, 4.69) is 54.2 Å². The zero-order chi connectivity index (χ0) is 57.4. The van der Waals surface area contributed by atoms with Crippen molar-refractivity contribution in [1.82, 2.24) is 4.89 Å². The Morgan fingerprint density at radius 1 is 0.750 bits per heavy atom. The Hall–Kier alpha value is -9.16. The molecule has 386 valence electrons. The predicted octanol–water partition coefficient (Wildman–Crippen LogP) is 10.2. The normalized spacial score (nSPS) is 16.1. The van der Waals surface area contributed by atoms with Crippen LogP contribution in [0.4, 0.5) is 15.8 Å². The van der Waals surface area contributed by atoms with Gasteiger partial charge in [-0.15, -0.1) is 0 Å². The number of alkyl halides is 1. The molecule has 2 N–H and O–H groups in total. The minimum Gasteiger partial charge on any atom is -0.775 e. The van der Waals surface area contributed by atoms with Gasteiger partial charge in [0, 0.05) is 93.0 Å². The van der Waals surface area contributed by atoms with Gasteiger partial charge in [0.15, 0.2) is 11.6 Å². The summed E-state index contributed by atoms with van der Waals surface area (Å²) in [6.45, 7) is 28.1. The highest BCUT2D eigenvalue weighted by atomic mass is 32.1. The van der Waals surface area contributed by atoms with Crippen LogP contribution in [0.3, 0.4) is 0 Å². The molecule has 2 aliphatic heterocycles. The van der Waals surface area contributed by atoms with Gasteiger partial charge in [-0.1, -0.05) is 93.6 Å². The van der Waals surface area contributed by atoms with Gasteiger partial charge in [0.1, 0.15) is 35.4 Å². The zero-order valence-corrected chi connectivity index (χ0v) is 43.6. The monoisotopic (exact) mass is 1040 g/mol. The van der Waals surface area contributed by atoms with Crippen molar-refractivity contribution >= 4 is 59.4 Å². The second kappa shape index (κ2) is 26.2. The molecule has 0 fully saturated rings. The first-order chi connectivity index (χ1) is 36.7. The lowest BCUT2D eigenvalue weighted by Crippen LogP contribution is -2.30. The number of anilines is 2. The van der Waals surface area contributed by atoms with Crippen molar-refractivity contribution in [2.45, 2.75) is 104 Å². The summed E-state index contributed by atoms with van der Waals surface area (Å²) in [5.74, 6) is 1.27. The molecule has 0 unspecified atom stereocenters. The van der Waals surface area contributed by atoms with Crippen molar-refractivity contribution in [2.75, 3.05) is 30.0 Å². The maximum Gasteiger partial charge on any atom is 0.325 e. The number of Topliss-reactive ketones (excluding diaryl/α,β-unsaturated/α-hetero) is 2. The smallest absolute Gasteiger partial charge is 0.325 e. The Kier molecular flexibility index (Phi) is 19.9. The number of ketones is 2. The Morgan fingerprint density at radius 2 is 1.13 bits per heavy atom. The summed E-state index contributed by atoms with van der Waals surface area (Å²) >= 11 is 3.64. The Morgan fingerprint density at radius 3 is 1.46 bits per heavy atom. The van der Waals surface area contributed by atoms with Crippen LogP contribution in [0, 0.1) is 72.3 Å². The first kappa shape index (κ1) is 57.7. The van der Waals surface area contributed by atoms with Crippen molar-refractivity contribution in [1.29, 1.82) is 21.0 Å². The number of carbonyl (C=O) groups excluding carboxylic acids is 3. The SMILES string of the molecule is [2H]CF.[C-]#[N+]C(=C=[N-])C1=C(C=C2N(CCCCCC(=O)O)c3ccc(C)cc3C2(C)C)C(=O)C1=C(C#N)C#N.[C-]#[N+]C(=C=[N-])C1=C(C=C2N(CCCCCC(=O)ONS)c3ccc(C)cc3C2(C)C)C(=O)C1=C(C#N)C#N. The fourth-order valence-corrected chi connectivity index (χ4v) is 9.56. The fraction of sp³-hybridized carbons (Fsp3) is 0.333. The zero-order valence-electron chi connectivity index (χ0n) is 43.7. The number of carbonyl (C=O) groups is 4. The summed E-state index contributed by atoms with van der Waals surface area (Å²) in [6, 6.07) is 19.0. The Labute approximate surface area is 448 Å². The molecule has 2 aromatic rings. The van der Waals surface area contributed by atoms with E-state index in [1.807, 2.05) is 65.8 Å². The van der Waals surface area contributed by atoms with Crippen LogP contribution >= 0.6 is 12.8 Å². The molecule has 0 saturated carbocycles. The number of unbranched alkanes of at least 4 members (excludes halogenated alkanes) is 4. The van der Waals surface area contributed by atoms with Crippen LogP contribution in [0.2, 0.25) is 0 Å². The molecule has 0 spiro atoms. The third kappa shape index (κ3) is 12.1. The average Bonchev–Trinajstić information content (AvgIpc) is 3.73. The summed E-state index contributed by atoms with van der Waals surface area (Å²) in [7, 11) is -1.00. The van der Waals surface area contributed by atoms with Gasteiger partial charge in [-0.2, -0.15) is 21.0 Å². The van der Waals surface area contributed by atoms with Gasteiger partial charge in [0.25, 0.3) is 0 Å². The Bertz CT molecular complexity index is 3350. The molecule has 4 aliphatic rings. The average molecular weight is 1040 g/mol. The van der Waals surface area contributed by atoms with E-state index < -0.39 is 52.6 Å². The van der Waals surface area contributed by atoms with Crippen molar-refractivity contribution in [2.24, 2.45) is 0 Å². The molecule has 76 heavy (non-hydrogen) atoms. The number of aryl methyl sites for hydroxylation is 2. The summed E-state index contributed by atoms with van der Waals surface area (Å²) in [5.41, 5.74) is 5.25. The number of allylic oxidation sites excluding steroid dienone is 10. The molecule has 0 saturated heterocycles. The summed E-state index contributed by atoms with van der Waals surface area (Å²) < 4.78 is 15.5. The molecule has 0 bridgehead atoms. The number of thiol groups is 1. The topological polar surface area (TPSA) is 265 Å². The van der Waals surface area contributed by atoms with Gasteiger partial charge in [-0.05, 0) is 74.9 Å². The number of hydrogen-bond acceptors (Lipinski definition) is 13. The second-order valence-corrected chi connectivity index (χ2v) is 18.7. The maximum atomic E-state index is 13.2. The third-order valence-electron chi connectivity index (χ3n) is 13.2. The molecular formula is C57H52FN11O6S-2. The number of fused-ring (bicyclic) bond motifs is 2. The highest BCUT2D eigenvalue weighted by Crippen LogP contribution is 2.52. The fourth-order valence-electron chi connectivity index (χ4n) is 9.45. The quantitative estimate of drug-likeness (QED) is 0.0253. The van der Waals surface area contributed by atoms with E-state index in [9.17, 15) is 55.4 Å². The molecule has 2 aliphatic carbocycles. The van der Waals surface area contributed by atoms with Crippen LogP contribution in [-0.4, -0.2) is 60.6 Å². The van der Waals surface area contributed by atoms with E-state index in [1.54, 1.807) is 48.2 Å². The van der Waals surface area contributed by atoms with E-state index in [0.29, 0.717) is 25.9 Å². The van der Waals surface area contributed by atoms with Crippen LogP contribution in [0.15, 0.2) is 116 Å². The van der Waals surface area contributed by atoms with Crippen molar-refractivity contribution < 1.29 is 34.9 Å². The molecule has 6 rings (SSSR count). The molecule has 19 heteroatoms. The number of benzene rings is 2. The standard InChI is InChI=1S/C28H25N6O3S.C28H24N5O3.CH3F/c1-17-9-10-22-20(12-17)28(2,3)23(34(22)11-7-5-6-8-24(35)37-33-38)13-19-26(21(16-31)32-4)25(27(19)36)18(14-29)15-30;1-17-9-10-22-20(12-17)28(2,3)23(33(22)11-7-5-6-8-24(34)35)13-19-26(21(16-31)32-4)25(27(19)36)18(14-29)15-30;1-2/h9-10,12-13,33,38H,5-8,11H2,1-3H3;9-10,12-13H,5-8,11H2,1-3H3,(H,34,35);1H3/q2*-1;/i;;1D. The number of nitrogens with one attached hydrogen (secondary N) is 1. The van der Waals surface area contributed by atoms with Gasteiger partial charge in [0.05, 0.1) is 21.7 Å². The van der Waals surface area contributed by atoms with Crippen LogP contribution < -0.4 is 14.7 Å². The van der Waals surface area contributed by atoms with Gasteiger partial charge in [-0.3, -0.25) is 35.3 Å². The molecule has 2 aromatic carbocycles. The largest absolute Gasteiger partial charge is 0.775 e. The van der Waals surface area contributed by atoms with Gasteiger partial charge < -0.3 is 30.6 Å². The number of carboxylic acids is 1. The van der Waals surface area contributed by atoms with E-state index >= 15 is 0 Å². The van der Waals surface area contributed by atoms with Crippen LogP contribution in [-0.2, 0) is 34.8 Å². The van der Waals surface area contributed by atoms with E-state index in [-0.39, 0.29) is 57.7 Å². The summed E-state index contributed by atoms with van der Waals surface area (Å²) in [5, 5.41) is 65.2. The number of nitriles is 4. The van der Waals surface area contributed by atoms with Crippen molar-refractivity contribution in [3.8, 4) is 24.3 Å². The number of carboxylic acid groups (broad SMARTS) is 1. The van der Waals surface area contributed by atoms with Crippen LogP contribution in [0.5, 0.6) is 0 Å². The summed E-state index contributed by atoms with van der Waals surface area (Å²) in [4.78, 5) is 66.0. The minimum atomic E-state index is -1.00. The number of aliphatic carboxylic acids is 1. The van der Waals surface area contributed by atoms with E-state index in [4.69, 9.17) is 19.6 Å². The van der Waals surface area contributed by atoms with Crippen LogP contribution in [0.1, 0.15) is 103 Å². The van der Waals surface area contributed by atoms with Crippen LogP contribution in [0.25, 0.3) is 20.5 Å². The lowest BCUT2D eigenvalue weighted by Gasteiger charge is -2.30. The molecule has 0 aromatic heterocycles. The second-order valence-electron chi connectivity index (χ2n) is 18.6. The van der Waals surface area contributed by atoms with Crippen molar-refractivity contribution in [3.05, 3.63) is 172 Å². The maximum absolute atomic E-state index is 13.2. The Balaban J connectivity index is 0.000000317. The molecule has 17 nitrogen and oxygen atoms in total. The molecule has 0 atom stereocenters. The highest BCUT2D eigenvalue weighted by molar-refractivity contribution is 7.77. The third-order valence-corrected chi connectivity index (χ3v) is 13.3. The van der Waals surface area contributed by atoms with E-state index in [0.717, 1.165) is 70.7 Å². The van der Waals surface area contributed by atoms with Gasteiger partial charge in [0.2, 0.25) is 11.4 Å². The van der Waals surface area contributed by atoms with Gasteiger partial charge in [-0.25, -0.2) is 9.69 Å². The number of hydrogen-bond donors (Lipinski definition) is 3. The highest BCUT2D eigenvalue weighted by Gasteiger charge is 2.45. The lowest BCUT2D eigenvalue weighted by atomic mass is 9.75. The molecule has 0 radical (unpaired) electrons. The number of rotatable bonds is 17. The molecule has 2 heterocycles.